The van der Waals surface area contributed by atoms with Gasteiger partial charge in [-0.25, -0.2) is 0 Å². The van der Waals surface area contributed by atoms with Gasteiger partial charge in [-0.05, 0) is 42.4 Å². The number of anilines is 1. The quantitative estimate of drug-likeness (QED) is 0.850. The average molecular weight is 320 g/mol. The molecule has 0 unspecified atom stereocenters. The van der Waals surface area contributed by atoms with Crippen LogP contribution >= 0.6 is 22.9 Å². The number of nitrogens with zero attached hydrogens (tertiary/aromatic N) is 3. The maximum Gasteiger partial charge on any atom is 0.208 e. The van der Waals surface area contributed by atoms with Gasteiger partial charge in [-0.2, -0.15) is 0 Å². The van der Waals surface area contributed by atoms with Crippen LogP contribution in [0.5, 0.6) is 0 Å². The molecule has 1 saturated heterocycles. The SMILES string of the molecule is Clc1ccc(Cc2nnc(N3CCC4(CCC4)C3)s2)cc1. The zero-order valence-electron chi connectivity index (χ0n) is 11.9. The van der Waals surface area contributed by atoms with Crippen molar-refractivity contribution >= 4 is 28.1 Å². The fraction of sp³-hybridized carbons (Fsp3) is 0.500. The van der Waals surface area contributed by atoms with E-state index in [9.17, 15) is 0 Å². The van der Waals surface area contributed by atoms with Gasteiger partial charge in [0.2, 0.25) is 5.13 Å². The van der Waals surface area contributed by atoms with Crippen molar-refractivity contribution in [3.8, 4) is 0 Å². The first-order valence-electron chi connectivity index (χ1n) is 7.54. The minimum Gasteiger partial charge on any atom is -0.346 e. The van der Waals surface area contributed by atoms with Gasteiger partial charge in [0.1, 0.15) is 5.01 Å². The van der Waals surface area contributed by atoms with Gasteiger partial charge in [0, 0.05) is 24.5 Å². The maximum atomic E-state index is 5.92. The highest BCUT2D eigenvalue weighted by molar-refractivity contribution is 7.15. The molecule has 110 valence electrons. The molecule has 1 saturated carbocycles. The fourth-order valence-electron chi connectivity index (χ4n) is 3.40. The van der Waals surface area contributed by atoms with Crippen LogP contribution in [0.15, 0.2) is 24.3 Å². The minimum atomic E-state index is 0.613. The van der Waals surface area contributed by atoms with Crippen LogP contribution in [-0.2, 0) is 6.42 Å². The van der Waals surface area contributed by atoms with E-state index in [4.69, 9.17) is 11.6 Å². The summed E-state index contributed by atoms with van der Waals surface area (Å²) in [6.07, 6.45) is 6.39. The second-order valence-electron chi connectivity index (χ2n) is 6.31. The maximum absolute atomic E-state index is 5.92. The summed E-state index contributed by atoms with van der Waals surface area (Å²) in [4.78, 5) is 2.43. The first kappa shape index (κ1) is 13.5. The average Bonchev–Trinajstić information content (AvgIpc) is 3.07. The van der Waals surface area contributed by atoms with Crippen molar-refractivity contribution in [3.63, 3.8) is 0 Å². The van der Waals surface area contributed by atoms with Gasteiger partial charge in [-0.3, -0.25) is 0 Å². The Morgan fingerprint density at radius 3 is 2.62 bits per heavy atom. The molecule has 0 amide bonds. The molecule has 1 aliphatic heterocycles. The van der Waals surface area contributed by atoms with Crippen LogP contribution in [0, 0.1) is 5.41 Å². The van der Waals surface area contributed by atoms with Gasteiger partial charge in [0.25, 0.3) is 0 Å². The van der Waals surface area contributed by atoms with Crippen molar-refractivity contribution in [1.82, 2.24) is 10.2 Å². The summed E-state index contributed by atoms with van der Waals surface area (Å²) in [6, 6.07) is 7.98. The van der Waals surface area contributed by atoms with E-state index in [1.165, 1.54) is 37.8 Å². The predicted molar refractivity (Wildman–Crippen MR) is 87.3 cm³/mol. The van der Waals surface area contributed by atoms with Crippen LogP contribution in [0.2, 0.25) is 5.02 Å². The third kappa shape index (κ3) is 2.67. The Morgan fingerprint density at radius 1 is 1.14 bits per heavy atom. The first-order chi connectivity index (χ1) is 10.2. The van der Waals surface area contributed by atoms with E-state index >= 15 is 0 Å². The van der Waals surface area contributed by atoms with Gasteiger partial charge < -0.3 is 4.90 Å². The van der Waals surface area contributed by atoms with Gasteiger partial charge in [0.05, 0.1) is 0 Å². The molecular formula is C16H18ClN3S. The van der Waals surface area contributed by atoms with Crippen molar-refractivity contribution < 1.29 is 0 Å². The molecule has 1 spiro atoms. The molecule has 0 atom stereocenters. The Morgan fingerprint density at radius 2 is 1.95 bits per heavy atom. The summed E-state index contributed by atoms with van der Waals surface area (Å²) in [7, 11) is 0. The molecular weight excluding hydrogens is 302 g/mol. The van der Waals surface area contributed by atoms with Crippen molar-refractivity contribution in [2.24, 2.45) is 5.41 Å². The topological polar surface area (TPSA) is 29.0 Å². The molecule has 1 aromatic heterocycles. The molecule has 2 heterocycles. The van der Waals surface area contributed by atoms with E-state index in [-0.39, 0.29) is 0 Å². The summed E-state index contributed by atoms with van der Waals surface area (Å²) < 4.78 is 0. The van der Waals surface area contributed by atoms with E-state index in [0.29, 0.717) is 5.41 Å². The molecule has 0 radical (unpaired) electrons. The molecule has 4 rings (SSSR count). The molecule has 1 aliphatic carbocycles. The van der Waals surface area contributed by atoms with Crippen LogP contribution in [0.3, 0.4) is 0 Å². The summed E-state index contributed by atoms with van der Waals surface area (Å²) in [5.41, 5.74) is 1.85. The fourth-order valence-corrected chi connectivity index (χ4v) is 4.43. The predicted octanol–water partition coefficient (Wildman–Crippen LogP) is 4.16. The molecule has 2 fully saturated rings. The van der Waals surface area contributed by atoms with E-state index in [1.54, 1.807) is 11.3 Å². The molecule has 0 bridgehead atoms. The minimum absolute atomic E-state index is 0.613. The third-order valence-corrected chi connectivity index (χ3v) is 6.08. The summed E-state index contributed by atoms with van der Waals surface area (Å²) in [5.74, 6) is 0. The first-order valence-corrected chi connectivity index (χ1v) is 8.74. The Balaban J connectivity index is 1.45. The van der Waals surface area contributed by atoms with Crippen LogP contribution in [0.4, 0.5) is 5.13 Å². The smallest absolute Gasteiger partial charge is 0.208 e. The Bertz CT molecular complexity index is 633. The van der Waals surface area contributed by atoms with Crippen molar-refractivity contribution in [1.29, 1.82) is 0 Å². The molecule has 21 heavy (non-hydrogen) atoms. The lowest BCUT2D eigenvalue weighted by molar-refractivity contribution is 0.165. The summed E-state index contributed by atoms with van der Waals surface area (Å²) in [6.45, 7) is 2.33. The molecule has 0 N–H and O–H groups in total. The monoisotopic (exact) mass is 319 g/mol. The van der Waals surface area contributed by atoms with Crippen molar-refractivity contribution in [3.05, 3.63) is 39.9 Å². The standard InChI is InChI=1S/C16H18ClN3S/c17-13-4-2-12(3-5-13)10-14-18-19-15(21-14)20-9-8-16(11-20)6-1-7-16/h2-5H,1,6-11H2. The molecule has 1 aromatic carbocycles. The zero-order chi connectivity index (χ0) is 14.3. The third-order valence-electron chi connectivity index (χ3n) is 4.85. The highest BCUT2D eigenvalue weighted by atomic mass is 35.5. The Kier molecular flexibility index (Phi) is 3.38. The zero-order valence-corrected chi connectivity index (χ0v) is 13.5. The van der Waals surface area contributed by atoms with Crippen LogP contribution in [0.1, 0.15) is 36.3 Å². The molecule has 2 aliphatic rings. The second kappa shape index (κ2) is 5.25. The Labute approximate surface area is 134 Å². The van der Waals surface area contributed by atoms with E-state index in [1.807, 2.05) is 12.1 Å². The van der Waals surface area contributed by atoms with Crippen molar-refractivity contribution in [2.45, 2.75) is 32.1 Å². The number of hydrogen-bond donors (Lipinski definition) is 0. The largest absolute Gasteiger partial charge is 0.346 e. The lowest BCUT2D eigenvalue weighted by atomic mass is 9.68. The number of rotatable bonds is 3. The normalized spacial score (nSPS) is 20.0. The van der Waals surface area contributed by atoms with Gasteiger partial charge >= 0.3 is 0 Å². The number of aromatic nitrogens is 2. The van der Waals surface area contributed by atoms with Crippen LogP contribution < -0.4 is 4.90 Å². The lowest BCUT2D eigenvalue weighted by Crippen LogP contribution is -2.33. The van der Waals surface area contributed by atoms with Gasteiger partial charge in [-0.1, -0.05) is 41.5 Å². The number of halogens is 1. The molecule has 3 nitrogen and oxygen atoms in total. The number of hydrogen-bond acceptors (Lipinski definition) is 4. The van der Waals surface area contributed by atoms with Gasteiger partial charge in [0.15, 0.2) is 0 Å². The van der Waals surface area contributed by atoms with E-state index in [2.05, 4.69) is 27.2 Å². The second-order valence-corrected chi connectivity index (χ2v) is 7.78. The highest BCUT2D eigenvalue weighted by Crippen LogP contribution is 2.49. The molecule has 2 aromatic rings. The van der Waals surface area contributed by atoms with Crippen LogP contribution in [0.25, 0.3) is 0 Å². The number of benzene rings is 1. The summed E-state index contributed by atoms with van der Waals surface area (Å²) in [5, 5.41) is 11.7. The summed E-state index contributed by atoms with van der Waals surface area (Å²) >= 11 is 7.65. The van der Waals surface area contributed by atoms with Crippen LogP contribution in [-0.4, -0.2) is 23.3 Å². The van der Waals surface area contributed by atoms with Gasteiger partial charge in [-0.15, -0.1) is 10.2 Å². The highest BCUT2D eigenvalue weighted by Gasteiger charge is 2.43. The Hall–Kier alpha value is -1.13. The van der Waals surface area contributed by atoms with E-state index < -0.39 is 0 Å². The van der Waals surface area contributed by atoms with Crippen molar-refractivity contribution in [2.75, 3.05) is 18.0 Å². The van der Waals surface area contributed by atoms with E-state index in [0.717, 1.165) is 28.1 Å². The molecule has 5 heteroatoms. The lowest BCUT2D eigenvalue weighted by Gasteiger charge is -2.37.